The maximum absolute atomic E-state index is 12.5. The van der Waals surface area contributed by atoms with Crippen molar-refractivity contribution in [3.05, 3.63) is 182 Å². The van der Waals surface area contributed by atoms with E-state index in [4.69, 9.17) is 15.5 Å². The second-order valence-electron chi connectivity index (χ2n) is 13.3. The molecule has 2 N–H and O–H groups in total. The summed E-state index contributed by atoms with van der Waals surface area (Å²) in [5.41, 5.74) is 0. The molecule has 0 spiro atoms. The molecule has 0 saturated carbocycles. The van der Waals surface area contributed by atoms with Crippen LogP contribution in [0.5, 0.6) is 0 Å². The van der Waals surface area contributed by atoms with Gasteiger partial charge in [-0.2, -0.15) is 35.0 Å². The summed E-state index contributed by atoms with van der Waals surface area (Å²) in [6, 6.07) is 64.3. The Morgan fingerprint density at radius 2 is 0.728 bits per heavy atom. The van der Waals surface area contributed by atoms with Gasteiger partial charge in [0.15, 0.2) is 39.5 Å². The molecule has 0 heterocycles. The van der Waals surface area contributed by atoms with Crippen LogP contribution in [0.1, 0.15) is 0 Å². The van der Waals surface area contributed by atoms with Crippen molar-refractivity contribution in [1.82, 2.24) is 0 Å². The van der Waals surface area contributed by atoms with Crippen LogP contribution in [-0.2, 0) is 74.5 Å². The maximum atomic E-state index is 12.5. The third-order valence-electron chi connectivity index (χ3n) is 7.95. The van der Waals surface area contributed by atoms with E-state index in [1.165, 1.54) is 29.4 Å². The number of halogens is 10. The van der Waals surface area contributed by atoms with Crippen LogP contribution in [0.2, 0.25) is 0 Å². The molecule has 6 aromatic rings. The molecule has 16 nitrogen and oxygen atoms in total. The fourth-order valence-electron chi connectivity index (χ4n) is 4.87. The molecule has 0 bridgehead atoms. The van der Waals surface area contributed by atoms with E-state index in [1.54, 1.807) is 0 Å². The number of carbonyl (C=O) groups is 3. The van der Waals surface area contributed by atoms with E-state index >= 15 is 0 Å². The molecule has 6 aromatic carbocycles. The molecule has 0 saturated heterocycles. The number of rotatable bonds is 21. The van der Waals surface area contributed by atoms with Crippen LogP contribution in [0.15, 0.2) is 211 Å². The Morgan fingerprint density at radius 1 is 0.494 bits per heavy atom. The van der Waals surface area contributed by atoms with Gasteiger partial charge in [0, 0.05) is 16.0 Å². The van der Waals surface area contributed by atoms with Gasteiger partial charge in [0.2, 0.25) is 0 Å². The molecule has 81 heavy (non-hydrogen) atoms. The molecule has 0 unspecified atom stereocenters. The topological polar surface area (TPSA) is 250 Å². The van der Waals surface area contributed by atoms with E-state index < -0.39 is 74.5 Å². The minimum atomic E-state index is -6.01. The first kappa shape index (κ1) is 83.3. The van der Waals surface area contributed by atoms with Gasteiger partial charge in [-0.25, -0.2) is 22.8 Å². The number of ether oxygens (including phenoxy) is 2. The Labute approximate surface area is 552 Å². The van der Waals surface area contributed by atoms with Crippen molar-refractivity contribution in [3.8, 4) is 0 Å². The number of carbonyl (C=O) groups excluding carboxylic acids is 2. The SMILES string of the molecule is O=C(O)C(F)(F)SOO[O-].O=C(OCCBr)C(F)(F)S(=O)(=O)[O-].O=C(OCCBr)C(F)(F)SOO[O-].OCCBr.[Cl-].[Na+].[Na+].c1ccc([S+](c2ccccc2)c2ccccc2)cc1.c1ccc([S+](c2ccccc2)c2ccccc2)cc1. The normalized spacial score (nSPS) is 10.6. The summed E-state index contributed by atoms with van der Waals surface area (Å²) in [7, 11) is -6.03. The van der Waals surface area contributed by atoms with Crippen molar-refractivity contribution in [2.45, 2.75) is 45.1 Å². The van der Waals surface area contributed by atoms with Crippen molar-refractivity contribution < 1.29 is 174 Å². The molecule has 0 atom stereocenters. The number of esters is 2. The van der Waals surface area contributed by atoms with Gasteiger partial charge in [0.1, 0.15) is 37.3 Å². The molecule has 0 aliphatic rings. The van der Waals surface area contributed by atoms with Crippen molar-refractivity contribution in [3.63, 3.8) is 0 Å². The number of aliphatic carboxylic acids is 1. The van der Waals surface area contributed by atoms with Crippen LogP contribution in [0.25, 0.3) is 0 Å². The second kappa shape index (κ2) is 47.2. The monoisotopic (exact) mass is 1470 g/mol. The van der Waals surface area contributed by atoms with Gasteiger partial charge in [-0.15, -0.1) is 0 Å². The number of aliphatic hydroxyl groups excluding tert-OH is 1. The summed E-state index contributed by atoms with van der Waals surface area (Å²) in [4.78, 5) is 38.5. The van der Waals surface area contributed by atoms with Gasteiger partial charge >= 0.3 is 92.8 Å². The molecule has 33 heteroatoms. The van der Waals surface area contributed by atoms with Gasteiger partial charge in [0.25, 0.3) is 0 Å². The molecular weight excluding hydrogens is 1430 g/mol. The molecule has 0 aliphatic heterocycles. The molecular formula is C48H44Br3ClF6Na2O16S5. The van der Waals surface area contributed by atoms with Gasteiger partial charge in [0.05, 0.1) is 28.4 Å². The molecule has 0 radical (unpaired) electrons. The average Bonchev–Trinajstić information content (AvgIpc) is 3.45. The summed E-state index contributed by atoms with van der Waals surface area (Å²) in [6.07, 6.45) is 0. The van der Waals surface area contributed by atoms with Crippen molar-refractivity contribution in [1.29, 1.82) is 0 Å². The van der Waals surface area contributed by atoms with E-state index in [0.717, 1.165) is 0 Å². The summed E-state index contributed by atoms with van der Waals surface area (Å²) in [5, 5.41) is 26.6. The number of hydrogen-bond acceptors (Lipinski definition) is 17. The predicted molar refractivity (Wildman–Crippen MR) is 285 cm³/mol. The largest absolute Gasteiger partial charge is 1.00 e. The minimum absolute atomic E-state index is 0. The summed E-state index contributed by atoms with van der Waals surface area (Å²) < 4.78 is 117. The molecule has 6 rings (SSSR count). The Balaban J connectivity index is -0.000000933. The van der Waals surface area contributed by atoms with Crippen molar-refractivity contribution in [2.24, 2.45) is 0 Å². The summed E-state index contributed by atoms with van der Waals surface area (Å²) in [5.74, 6) is -6.56. The zero-order valence-electron chi connectivity index (χ0n) is 42.0. The minimum Gasteiger partial charge on any atom is -1.00 e. The number of carboxylic acids is 1. The predicted octanol–water partition coefficient (Wildman–Crippen LogP) is 0.937. The third kappa shape index (κ3) is 33.5. The van der Waals surface area contributed by atoms with Gasteiger partial charge < -0.3 is 47.2 Å². The fraction of sp³-hybridized carbons (Fsp3) is 0.188. The molecule has 0 aromatic heterocycles. The third-order valence-corrected chi connectivity index (χ3v) is 15.2. The van der Waals surface area contributed by atoms with Crippen molar-refractivity contribution in [2.75, 3.05) is 35.8 Å². The first-order valence-corrected chi connectivity index (χ1v) is 29.8. The molecule has 434 valence electrons. The van der Waals surface area contributed by atoms with E-state index in [0.29, 0.717) is 5.33 Å². The number of aliphatic hydroxyl groups is 1. The Morgan fingerprint density at radius 3 is 0.926 bits per heavy atom. The number of carboxylic acid groups (broad SMARTS) is 1. The van der Waals surface area contributed by atoms with E-state index in [1.807, 2.05) is 0 Å². The van der Waals surface area contributed by atoms with Crippen molar-refractivity contribution >= 4 is 122 Å². The summed E-state index contributed by atoms with van der Waals surface area (Å²) >= 11 is 7.00. The van der Waals surface area contributed by atoms with Crippen LogP contribution in [0.3, 0.4) is 0 Å². The number of hydrogen-bond donors (Lipinski definition) is 2. The average molecular weight is 1470 g/mol. The van der Waals surface area contributed by atoms with Crippen LogP contribution in [0, 0.1) is 0 Å². The van der Waals surface area contributed by atoms with E-state index in [9.17, 15) is 59.0 Å². The molecule has 0 fully saturated rings. The standard InChI is InChI=1S/2C18H15S.2C4H5BrF2O5S.C2H5BrO.C2H2F2O5S.ClH.2Na/c2*1-4-10-16(11-5-1)19(17-12-6-2-7-13-17)18-14-8-3-9-15-18;5-1-2-12-3(8)4(6,7)13(9,10)11;5-1-2-10-3(8)4(6,7)13-12-11-9;3-1-2-4;3-2(4,1(5)6)10-9-8-7;;;/h2*1-15H;1-2H2,(H,9,10,11);9H,1-2H2;4H,1-2H2;7H,(H,5,6);1H;;/q2*+1;;;;;;2*+1/p-4. The smallest absolute Gasteiger partial charge is 1.00 e. The quantitative estimate of drug-likeness (QED) is 0.0117. The fourth-order valence-corrected chi connectivity index (χ4v) is 10.1. The Kier molecular flexibility index (Phi) is 48.6. The van der Waals surface area contributed by atoms with Crippen LogP contribution in [0.4, 0.5) is 26.3 Å². The zero-order valence-corrected chi connectivity index (χ0v) is 55.6. The van der Waals surface area contributed by atoms with Gasteiger partial charge in [-0.05, 0) is 72.8 Å². The first-order chi connectivity index (χ1) is 37.1. The van der Waals surface area contributed by atoms with Crippen LogP contribution >= 0.6 is 71.9 Å². The molecule has 0 amide bonds. The number of alkyl halides is 9. The van der Waals surface area contributed by atoms with E-state index in [2.05, 4.69) is 258 Å². The summed E-state index contributed by atoms with van der Waals surface area (Å²) in [6.45, 7) is -0.406. The first-order valence-electron chi connectivity index (χ1n) is 21.1. The Bertz CT molecular complexity index is 2380. The number of benzene rings is 6. The molecule has 0 aliphatic carbocycles. The Hall–Kier alpha value is -1.93. The van der Waals surface area contributed by atoms with Gasteiger partial charge in [-0.1, -0.05) is 157 Å². The van der Waals surface area contributed by atoms with E-state index in [-0.39, 0.29) is 117 Å². The van der Waals surface area contributed by atoms with Crippen LogP contribution in [-0.4, -0.2) is 92.7 Å². The van der Waals surface area contributed by atoms with Gasteiger partial charge in [-0.3, -0.25) is 10.1 Å². The van der Waals surface area contributed by atoms with Crippen LogP contribution < -0.4 is 82.0 Å². The second-order valence-corrected chi connectivity index (χ2v) is 22.8. The maximum Gasteiger partial charge on any atom is 1.00 e. The zero-order chi connectivity index (χ0) is 58.5.